The van der Waals surface area contributed by atoms with E-state index in [9.17, 15) is 10.2 Å². The molecular formula is C24H30N6O3. The van der Waals surface area contributed by atoms with Crippen molar-refractivity contribution in [3.8, 4) is 28.6 Å². The maximum absolute atomic E-state index is 10.7. The molecule has 174 valence electrons. The molecule has 0 aliphatic carbocycles. The predicted octanol–water partition coefficient (Wildman–Crippen LogP) is 3.13. The zero-order valence-electron chi connectivity index (χ0n) is 19.0. The lowest BCUT2D eigenvalue weighted by Crippen LogP contribution is -2.36. The van der Waals surface area contributed by atoms with Crippen molar-refractivity contribution < 1.29 is 14.9 Å². The van der Waals surface area contributed by atoms with Crippen molar-refractivity contribution in [3.05, 3.63) is 41.9 Å². The molecule has 0 amide bonds. The highest BCUT2D eigenvalue weighted by atomic mass is 16.5. The van der Waals surface area contributed by atoms with Gasteiger partial charge >= 0.3 is 0 Å². The first-order chi connectivity index (χ1) is 16.0. The third-order valence-corrected chi connectivity index (χ3v) is 6.39. The number of hydrogen-bond donors (Lipinski definition) is 3. The number of pyridine rings is 1. The van der Waals surface area contributed by atoms with Crippen molar-refractivity contribution in [1.82, 2.24) is 25.1 Å². The number of morpholine rings is 1. The van der Waals surface area contributed by atoms with E-state index in [-0.39, 0.29) is 23.5 Å². The molecule has 5 rings (SSSR count). The number of nitrogens with zero attached hydrogens (tertiary/aromatic N) is 5. The average molecular weight is 451 g/mol. The van der Waals surface area contributed by atoms with Gasteiger partial charge in [0.1, 0.15) is 17.3 Å². The van der Waals surface area contributed by atoms with E-state index in [2.05, 4.69) is 20.4 Å². The maximum atomic E-state index is 10.7. The van der Waals surface area contributed by atoms with Gasteiger partial charge in [0.15, 0.2) is 11.6 Å². The van der Waals surface area contributed by atoms with E-state index in [0.717, 1.165) is 55.4 Å². The summed E-state index contributed by atoms with van der Waals surface area (Å²) in [5.41, 5.74) is 2.11. The first-order valence-electron chi connectivity index (χ1n) is 11.6. The second-order valence-electron chi connectivity index (χ2n) is 8.92. The summed E-state index contributed by atoms with van der Waals surface area (Å²) in [6.07, 6.45) is 3.87. The molecule has 0 bridgehead atoms. The third kappa shape index (κ3) is 4.14. The summed E-state index contributed by atoms with van der Waals surface area (Å²) in [4.78, 5) is 6.92. The molecule has 4 heterocycles. The van der Waals surface area contributed by atoms with Gasteiger partial charge in [0.25, 0.3) is 0 Å². The van der Waals surface area contributed by atoms with Crippen molar-refractivity contribution in [2.45, 2.75) is 38.6 Å². The van der Waals surface area contributed by atoms with Crippen LogP contribution in [-0.2, 0) is 4.74 Å². The highest BCUT2D eigenvalue weighted by Gasteiger charge is 2.27. The maximum Gasteiger partial charge on any atom is 0.172 e. The summed E-state index contributed by atoms with van der Waals surface area (Å²) in [7, 11) is 0. The Kier molecular flexibility index (Phi) is 5.90. The molecule has 1 aromatic carbocycles. The van der Waals surface area contributed by atoms with Crippen molar-refractivity contribution in [1.29, 1.82) is 0 Å². The number of aromatic nitrogens is 4. The second kappa shape index (κ2) is 8.99. The van der Waals surface area contributed by atoms with E-state index in [0.29, 0.717) is 24.6 Å². The lowest BCUT2D eigenvalue weighted by molar-refractivity contribution is 0.122. The molecule has 0 radical (unpaired) electrons. The fourth-order valence-electron chi connectivity index (χ4n) is 4.58. The van der Waals surface area contributed by atoms with Crippen LogP contribution in [0.3, 0.4) is 0 Å². The van der Waals surface area contributed by atoms with Crippen molar-refractivity contribution >= 4 is 5.82 Å². The molecule has 2 aliphatic rings. The molecule has 33 heavy (non-hydrogen) atoms. The van der Waals surface area contributed by atoms with Gasteiger partial charge in [-0.2, -0.15) is 0 Å². The fraction of sp³-hybridized carbons (Fsp3) is 0.458. The van der Waals surface area contributed by atoms with Gasteiger partial charge in [0.2, 0.25) is 0 Å². The molecule has 3 aromatic rings. The van der Waals surface area contributed by atoms with Gasteiger partial charge in [0, 0.05) is 19.2 Å². The Bertz CT molecular complexity index is 1120. The van der Waals surface area contributed by atoms with Crippen LogP contribution in [0.2, 0.25) is 0 Å². The quantitative estimate of drug-likeness (QED) is 0.544. The molecule has 2 fully saturated rings. The Morgan fingerprint density at radius 1 is 1.09 bits per heavy atom. The summed E-state index contributed by atoms with van der Waals surface area (Å²) >= 11 is 0. The zero-order chi connectivity index (χ0) is 22.9. The minimum atomic E-state index is -0.0330. The molecule has 0 unspecified atom stereocenters. The van der Waals surface area contributed by atoms with Gasteiger partial charge < -0.3 is 25.2 Å². The first kappa shape index (κ1) is 21.7. The molecule has 2 saturated heterocycles. The largest absolute Gasteiger partial charge is 0.508 e. The summed E-state index contributed by atoms with van der Waals surface area (Å²) < 4.78 is 7.42. The van der Waals surface area contributed by atoms with Crippen molar-refractivity contribution in [2.75, 3.05) is 37.7 Å². The van der Waals surface area contributed by atoms with Gasteiger partial charge in [-0.25, -0.2) is 4.98 Å². The molecule has 0 saturated carbocycles. The monoisotopic (exact) mass is 450 g/mol. The van der Waals surface area contributed by atoms with Crippen LogP contribution in [0.5, 0.6) is 11.5 Å². The average Bonchev–Trinajstić information content (AvgIpc) is 3.50. The van der Waals surface area contributed by atoms with Crippen molar-refractivity contribution in [2.24, 2.45) is 0 Å². The number of ether oxygens (including phenoxy) is 1. The van der Waals surface area contributed by atoms with E-state index in [1.165, 1.54) is 6.07 Å². The van der Waals surface area contributed by atoms with Crippen LogP contribution in [-0.4, -0.2) is 62.8 Å². The SMILES string of the molecule is CC(C)c1cc(-c2nnc([C@H]3CCCN3)n2-c2ccc(N3CCOCC3)nc2)c(O)cc1O. The minimum absolute atomic E-state index is 0.0330. The van der Waals surface area contributed by atoms with Crippen LogP contribution in [0.15, 0.2) is 30.5 Å². The molecule has 1 atom stereocenters. The van der Waals surface area contributed by atoms with E-state index in [4.69, 9.17) is 9.72 Å². The van der Waals surface area contributed by atoms with Crippen LogP contribution >= 0.6 is 0 Å². The van der Waals surface area contributed by atoms with Crippen LogP contribution in [0.1, 0.15) is 50.0 Å². The Hall–Kier alpha value is -3.17. The van der Waals surface area contributed by atoms with Gasteiger partial charge in [-0.3, -0.25) is 4.57 Å². The number of rotatable bonds is 5. The molecular weight excluding hydrogens is 420 g/mol. The van der Waals surface area contributed by atoms with Crippen molar-refractivity contribution in [3.63, 3.8) is 0 Å². The smallest absolute Gasteiger partial charge is 0.172 e. The summed E-state index contributed by atoms with van der Waals surface area (Å²) in [6.45, 7) is 7.99. The van der Waals surface area contributed by atoms with E-state index >= 15 is 0 Å². The van der Waals surface area contributed by atoms with Gasteiger partial charge in [-0.15, -0.1) is 10.2 Å². The zero-order valence-corrected chi connectivity index (χ0v) is 19.0. The number of phenols is 2. The Balaban J connectivity index is 1.60. The fourth-order valence-corrected chi connectivity index (χ4v) is 4.58. The molecule has 3 N–H and O–H groups in total. The lowest BCUT2D eigenvalue weighted by Gasteiger charge is -2.27. The summed E-state index contributed by atoms with van der Waals surface area (Å²) in [5, 5.41) is 33.5. The second-order valence-corrected chi connectivity index (χ2v) is 8.92. The van der Waals surface area contributed by atoms with E-state index in [1.807, 2.05) is 36.7 Å². The molecule has 9 heteroatoms. The topological polar surface area (TPSA) is 109 Å². The van der Waals surface area contributed by atoms with Gasteiger partial charge in [0.05, 0.1) is 36.7 Å². The highest BCUT2D eigenvalue weighted by molar-refractivity contribution is 5.69. The van der Waals surface area contributed by atoms with E-state index < -0.39 is 0 Å². The van der Waals surface area contributed by atoms with Gasteiger partial charge in [-0.05, 0) is 49.1 Å². The van der Waals surface area contributed by atoms with Gasteiger partial charge in [-0.1, -0.05) is 13.8 Å². The minimum Gasteiger partial charge on any atom is -0.508 e. The molecule has 0 spiro atoms. The number of phenolic OH excluding ortho intramolecular Hbond substituents is 2. The van der Waals surface area contributed by atoms with E-state index in [1.54, 1.807) is 6.07 Å². The standard InChI is InChI=1S/C24H30N6O3/c1-15(2)17-12-18(21(32)13-20(17)31)23-27-28-24(19-4-3-7-25-19)30(23)16-5-6-22(26-14-16)29-8-10-33-11-9-29/h5-6,12-15,19,25,31-32H,3-4,7-11H2,1-2H3/t19-/m1/s1. The third-order valence-electron chi connectivity index (χ3n) is 6.39. The number of anilines is 1. The number of hydrogen-bond acceptors (Lipinski definition) is 8. The molecule has 2 aromatic heterocycles. The Morgan fingerprint density at radius 2 is 1.91 bits per heavy atom. The first-order valence-corrected chi connectivity index (χ1v) is 11.6. The van der Waals surface area contributed by atoms with Crippen LogP contribution in [0.4, 0.5) is 5.82 Å². The lowest BCUT2D eigenvalue weighted by atomic mass is 9.98. The highest BCUT2D eigenvalue weighted by Crippen LogP contribution is 2.39. The number of nitrogens with one attached hydrogen (secondary N) is 1. The number of benzene rings is 1. The number of aromatic hydroxyl groups is 2. The molecule has 9 nitrogen and oxygen atoms in total. The normalized spacial score (nSPS) is 18.9. The summed E-state index contributed by atoms with van der Waals surface area (Å²) in [5.74, 6) is 2.36. The Labute approximate surface area is 193 Å². The van der Waals surface area contributed by atoms with Crippen LogP contribution < -0.4 is 10.2 Å². The van der Waals surface area contributed by atoms with Crippen LogP contribution in [0.25, 0.3) is 17.1 Å². The summed E-state index contributed by atoms with van der Waals surface area (Å²) in [6, 6.07) is 7.29. The molecule has 2 aliphatic heterocycles. The predicted molar refractivity (Wildman–Crippen MR) is 125 cm³/mol. The Morgan fingerprint density at radius 3 is 2.58 bits per heavy atom. The van der Waals surface area contributed by atoms with Crippen LogP contribution in [0, 0.1) is 0 Å².